The van der Waals surface area contributed by atoms with E-state index in [0.717, 1.165) is 0 Å². The smallest absolute Gasteiger partial charge is 0.252 e. The summed E-state index contributed by atoms with van der Waals surface area (Å²) in [6.07, 6.45) is 0.523. The maximum absolute atomic E-state index is 12.9. The number of rotatable bonds is 4. The molecule has 0 aliphatic heterocycles. The summed E-state index contributed by atoms with van der Waals surface area (Å²) in [6, 6.07) is 7.04. The molecule has 1 amide bonds. The van der Waals surface area contributed by atoms with Crippen molar-refractivity contribution in [3.8, 4) is 0 Å². The first-order valence-electron chi connectivity index (χ1n) is 5.52. The molecule has 6 heteroatoms. The van der Waals surface area contributed by atoms with Crippen LogP contribution < -0.4 is 5.32 Å². The van der Waals surface area contributed by atoms with E-state index in [1.54, 1.807) is 12.1 Å². The minimum Gasteiger partial charge on any atom is -0.467 e. The van der Waals surface area contributed by atoms with Gasteiger partial charge in [0.1, 0.15) is 17.7 Å². The standard InChI is InChI=1S/C13H11BrFNO3/c14-10-6-8(15)3-4-9(10)13(18)16-7-11(17)12-2-1-5-19-12/h1-6,11,17H,7H2,(H,16,18). The van der Waals surface area contributed by atoms with E-state index in [2.05, 4.69) is 21.2 Å². The highest BCUT2D eigenvalue weighted by atomic mass is 79.9. The van der Waals surface area contributed by atoms with E-state index in [4.69, 9.17) is 4.42 Å². The van der Waals surface area contributed by atoms with Gasteiger partial charge in [-0.2, -0.15) is 0 Å². The second-order valence-corrected chi connectivity index (χ2v) is 4.72. The van der Waals surface area contributed by atoms with Crippen LogP contribution in [-0.2, 0) is 0 Å². The van der Waals surface area contributed by atoms with Crippen molar-refractivity contribution in [2.75, 3.05) is 6.54 Å². The summed E-state index contributed by atoms with van der Waals surface area (Å²) in [5, 5.41) is 12.3. The lowest BCUT2D eigenvalue weighted by Gasteiger charge is -2.10. The third kappa shape index (κ3) is 3.42. The second kappa shape index (κ2) is 5.99. The highest BCUT2D eigenvalue weighted by molar-refractivity contribution is 9.10. The molecule has 1 atom stereocenters. The quantitative estimate of drug-likeness (QED) is 0.907. The number of hydrogen-bond acceptors (Lipinski definition) is 3. The zero-order chi connectivity index (χ0) is 13.8. The molecule has 0 saturated heterocycles. The molecule has 4 nitrogen and oxygen atoms in total. The van der Waals surface area contributed by atoms with Crippen LogP contribution in [-0.4, -0.2) is 17.6 Å². The Morgan fingerprint density at radius 2 is 2.26 bits per heavy atom. The fraction of sp³-hybridized carbons (Fsp3) is 0.154. The van der Waals surface area contributed by atoms with Crippen LogP contribution in [0.3, 0.4) is 0 Å². The summed E-state index contributed by atoms with van der Waals surface area (Å²) in [4.78, 5) is 11.8. The zero-order valence-electron chi connectivity index (χ0n) is 9.77. The molecule has 0 saturated carbocycles. The van der Waals surface area contributed by atoms with Crippen molar-refractivity contribution in [2.24, 2.45) is 0 Å². The summed E-state index contributed by atoms with van der Waals surface area (Å²) < 4.78 is 18.3. The number of carbonyl (C=O) groups excluding carboxylic acids is 1. The molecule has 0 bridgehead atoms. The van der Waals surface area contributed by atoms with Crippen molar-refractivity contribution in [1.29, 1.82) is 0 Å². The lowest BCUT2D eigenvalue weighted by molar-refractivity contribution is 0.0900. The van der Waals surface area contributed by atoms with E-state index in [1.165, 1.54) is 24.5 Å². The Morgan fingerprint density at radius 1 is 1.47 bits per heavy atom. The fourth-order valence-electron chi connectivity index (χ4n) is 1.54. The molecule has 0 fully saturated rings. The van der Waals surface area contributed by atoms with Gasteiger partial charge in [-0.05, 0) is 46.3 Å². The summed E-state index contributed by atoms with van der Waals surface area (Å²) in [6.45, 7) is 0.0101. The monoisotopic (exact) mass is 327 g/mol. The molecule has 2 rings (SSSR count). The van der Waals surface area contributed by atoms with Crippen LogP contribution in [0.4, 0.5) is 4.39 Å². The van der Waals surface area contributed by atoms with Crippen LogP contribution >= 0.6 is 15.9 Å². The molecule has 1 heterocycles. The van der Waals surface area contributed by atoms with E-state index in [0.29, 0.717) is 15.8 Å². The Morgan fingerprint density at radius 3 is 2.89 bits per heavy atom. The number of halogens is 2. The molecule has 1 aromatic heterocycles. The van der Waals surface area contributed by atoms with Gasteiger partial charge in [-0.1, -0.05) is 0 Å². The van der Waals surface area contributed by atoms with Crippen LogP contribution in [0.5, 0.6) is 0 Å². The number of carbonyl (C=O) groups is 1. The molecule has 0 spiro atoms. The molecule has 1 aromatic carbocycles. The molecular weight excluding hydrogens is 317 g/mol. The SMILES string of the molecule is O=C(NCC(O)c1ccco1)c1ccc(F)cc1Br. The van der Waals surface area contributed by atoms with Gasteiger partial charge in [-0.3, -0.25) is 4.79 Å². The van der Waals surface area contributed by atoms with E-state index >= 15 is 0 Å². The van der Waals surface area contributed by atoms with Crippen LogP contribution in [0.15, 0.2) is 45.5 Å². The van der Waals surface area contributed by atoms with Gasteiger partial charge in [-0.25, -0.2) is 4.39 Å². The van der Waals surface area contributed by atoms with Gasteiger partial charge < -0.3 is 14.8 Å². The van der Waals surface area contributed by atoms with Gasteiger partial charge in [-0.15, -0.1) is 0 Å². The number of benzene rings is 1. The fourth-order valence-corrected chi connectivity index (χ4v) is 2.07. The van der Waals surface area contributed by atoms with Crippen LogP contribution in [0.25, 0.3) is 0 Å². The van der Waals surface area contributed by atoms with Crippen LogP contribution in [0.2, 0.25) is 0 Å². The maximum Gasteiger partial charge on any atom is 0.252 e. The topological polar surface area (TPSA) is 62.5 Å². The second-order valence-electron chi connectivity index (χ2n) is 3.87. The molecule has 2 aromatic rings. The van der Waals surface area contributed by atoms with Crippen molar-refractivity contribution in [3.63, 3.8) is 0 Å². The molecule has 0 aliphatic rings. The number of amides is 1. The summed E-state index contributed by atoms with van der Waals surface area (Å²) >= 11 is 3.11. The normalized spacial score (nSPS) is 12.2. The number of aliphatic hydroxyl groups excluding tert-OH is 1. The first kappa shape index (κ1) is 13.8. The molecular formula is C13H11BrFNO3. The Kier molecular flexibility index (Phi) is 4.34. The van der Waals surface area contributed by atoms with E-state index < -0.39 is 17.8 Å². The van der Waals surface area contributed by atoms with Crippen molar-refractivity contribution in [3.05, 3.63) is 58.2 Å². The maximum atomic E-state index is 12.9. The van der Waals surface area contributed by atoms with Gasteiger partial charge in [0.2, 0.25) is 0 Å². The molecule has 100 valence electrons. The molecule has 0 aliphatic carbocycles. The van der Waals surface area contributed by atoms with Gasteiger partial charge in [0, 0.05) is 4.47 Å². The summed E-state index contributed by atoms with van der Waals surface area (Å²) in [5.41, 5.74) is 0.299. The predicted octanol–water partition coefficient (Wildman–Crippen LogP) is 2.64. The largest absolute Gasteiger partial charge is 0.467 e. The molecule has 19 heavy (non-hydrogen) atoms. The number of nitrogens with one attached hydrogen (secondary N) is 1. The molecule has 1 unspecified atom stereocenters. The van der Waals surface area contributed by atoms with Gasteiger partial charge in [0.05, 0.1) is 18.4 Å². The Bertz CT molecular complexity index is 571. The van der Waals surface area contributed by atoms with Crippen molar-refractivity contribution >= 4 is 21.8 Å². The highest BCUT2D eigenvalue weighted by Crippen LogP contribution is 2.18. The third-order valence-electron chi connectivity index (χ3n) is 2.50. The van der Waals surface area contributed by atoms with Crippen molar-refractivity contribution < 1.29 is 18.7 Å². The third-order valence-corrected chi connectivity index (χ3v) is 3.16. The predicted molar refractivity (Wildman–Crippen MR) is 70.1 cm³/mol. The average molecular weight is 328 g/mol. The Labute approximate surface area is 117 Å². The highest BCUT2D eigenvalue weighted by Gasteiger charge is 2.14. The van der Waals surface area contributed by atoms with Crippen LogP contribution in [0.1, 0.15) is 22.2 Å². The Balaban J connectivity index is 1.98. The number of furan rings is 1. The van der Waals surface area contributed by atoms with Gasteiger partial charge in [0.25, 0.3) is 5.91 Å². The molecule has 2 N–H and O–H groups in total. The van der Waals surface area contributed by atoms with E-state index in [9.17, 15) is 14.3 Å². The van der Waals surface area contributed by atoms with Gasteiger partial charge in [0.15, 0.2) is 0 Å². The van der Waals surface area contributed by atoms with Crippen molar-refractivity contribution in [2.45, 2.75) is 6.10 Å². The number of hydrogen-bond donors (Lipinski definition) is 2. The van der Waals surface area contributed by atoms with Crippen molar-refractivity contribution in [1.82, 2.24) is 5.32 Å². The van der Waals surface area contributed by atoms with Gasteiger partial charge >= 0.3 is 0 Å². The van der Waals surface area contributed by atoms with E-state index in [-0.39, 0.29) is 6.54 Å². The summed E-state index contributed by atoms with van der Waals surface area (Å²) in [7, 11) is 0. The molecule has 0 radical (unpaired) electrons. The minimum absolute atomic E-state index is 0.0101. The first-order valence-corrected chi connectivity index (χ1v) is 6.32. The lowest BCUT2D eigenvalue weighted by Crippen LogP contribution is -2.28. The zero-order valence-corrected chi connectivity index (χ0v) is 11.4. The van der Waals surface area contributed by atoms with E-state index in [1.807, 2.05) is 0 Å². The lowest BCUT2D eigenvalue weighted by atomic mass is 10.2. The minimum atomic E-state index is -0.918. The average Bonchev–Trinajstić information content (AvgIpc) is 2.89. The Hall–Kier alpha value is -1.66. The van der Waals surface area contributed by atoms with Crippen LogP contribution in [0, 0.1) is 5.82 Å². The number of aliphatic hydroxyl groups is 1. The first-order chi connectivity index (χ1) is 9.08. The summed E-state index contributed by atoms with van der Waals surface area (Å²) in [5.74, 6) is -0.463.